The van der Waals surface area contributed by atoms with Crippen molar-refractivity contribution in [3.05, 3.63) is 65.2 Å². The van der Waals surface area contributed by atoms with E-state index in [0.717, 1.165) is 25.2 Å². The molecule has 1 heterocycles. The van der Waals surface area contributed by atoms with Crippen LogP contribution in [0.15, 0.2) is 48.5 Å². The number of benzene rings is 2. The van der Waals surface area contributed by atoms with Gasteiger partial charge in [0.1, 0.15) is 0 Å². The number of hydrogen-bond acceptors (Lipinski definition) is 3. The van der Waals surface area contributed by atoms with Crippen LogP contribution < -0.4 is 10.2 Å². The molecule has 21 heavy (non-hydrogen) atoms. The number of para-hydroxylation sites is 1. The number of aliphatic hydroxyl groups is 1. The SMILES string of the molecule is CC1CN(Cc2ccc(CO)cc2)c2ccccc2CN1. The molecule has 2 aromatic carbocycles. The lowest BCUT2D eigenvalue weighted by atomic mass is 10.1. The monoisotopic (exact) mass is 282 g/mol. The van der Waals surface area contributed by atoms with Crippen molar-refractivity contribution in [3.8, 4) is 0 Å². The maximum atomic E-state index is 9.13. The third kappa shape index (κ3) is 3.26. The number of nitrogens with one attached hydrogen (secondary N) is 1. The van der Waals surface area contributed by atoms with Crippen molar-refractivity contribution < 1.29 is 5.11 Å². The first kappa shape index (κ1) is 14.1. The highest BCUT2D eigenvalue weighted by Gasteiger charge is 2.18. The molecule has 0 radical (unpaired) electrons. The van der Waals surface area contributed by atoms with Crippen molar-refractivity contribution in [2.24, 2.45) is 0 Å². The van der Waals surface area contributed by atoms with Gasteiger partial charge in [0.2, 0.25) is 0 Å². The Hall–Kier alpha value is -1.84. The van der Waals surface area contributed by atoms with E-state index >= 15 is 0 Å². The molecule has 0 fully saturated rings. The van der Waals surface area contributed by atoms with Gasteiger partial charge in [0.05, 0.1) is 6.61 Å². The van der Waals surface area contributed by atoms with Gasteiger partial charge in [-0.05, 0) is 29.7 Å². The van der Waals surface area contributed by atoms with Gasteiger partial charge < -0.3 is 15.3 Å². The van der Waals surface area contributed by atoms with E-state index in [1.54, 1.807) is 0 Å². The van der Waals surface area contributed by atoms with Crippen LogP contribution in [-0.4, -0.2) is 17.7 Å². The van der Waals surface area contributed by atoms with Crippen LogP contribution in [-0.2, 0) is 19.7 Å². The lowest BCUT2D eigenvalue weighted by molar-refractivity contribution is 0.282. The van der Waals surface area contributed by atoms with Crippen molar-refractivity contribution in [2.45, 2.75) is 32.7 Å². The first-order valence-corrected chi connectivity index (χ1v) is 7.51. The fraction of sp³-hybridized carbons (Fsp3) is 0.333. The summed E-state index contributed by atoms with van der Waals surface area (Å²) in [6.07, 6.45) is 0. The molecule has 2 aromatic rings. The van der Waals surface area contributed by atoms with Crippen molar-refractivity contribution in [3.63, 3.8) is 0 Å². The van der Waals surface area contributed by atoms with E-state index in [2.05, 4.69) is 53.5 Å². The molecule has 1 unspecified atom stereocenters. The first-order chi connectivity index (χ1) is 10.3. The van der Waals surface area contributed by atoms with Crippen molar-refractivity contribution in [2.75, 3.05) is 11.4 Å². The van der Waals surface area contributed by atoms with Crippen LogP contribution >= 0.6 is 0 Å². The van der Waals surface area contributed by atoms with E-state index in [1.807, 2.05) is 12.1 Å². The van der Waals surface area contributed by atoms with Crippen LogP contribution in [0, 0.1) is 0 Å². The van der Waals surface area contributed by atoms with Gasteiger partial charge in [-0.15, -0.1) is 0 Å². The molecule has 0 aliphatic carbocycles. The van der Waals surface area contributed by atoms with Gasteiger partial charge in [0.25, 0.3) is 0 Å². The van der Waals surface area contributed by atoms with E-state index < -0.39 is 0 Å². The average Bonchev–Trinajstić information content (AvgIpc) is 2.68. The molecule has 0 amide bonds. The largest absolute Gasteiger partial charge is 0.392 e. The summed E-state index contributed by atoms with van der Waals surface area (Å²) in [5.41, 5.74) is 4.91. The average molecular weight is 282 g/mol. The molecule has 1 aliphatic heterocycles. The van der Waals surface area contributed by atoms with Crippen molar-refractivity contribution in [1.29, 1.82) is 0 Å². The van der Waals surface area contributed by atoms with E-state index in [9.17, 15) is 0 Å². The number of fused-ring (bicyclic) bond motifs is 1. The lowest BCUT2D eigenvalue weighted by Gasteiger charge is -2.26. The Bertz CT molecular complexity index is 594. The Morgan fingerprint density at radius 1 is 1.10 bits per heavy atom. The van der Waals surface area contributed by atoms with Gasteiger partial charge in [0, 0.05) is 31.4 Å². The third-order valence-electron chi connectivity index (χ3n) is 4.05. The zero-order valence-corrected chi connectivity index (χ0v) is 12.4. The predicted octanol–water partition coefficient (Wildman–Crippen LogP) is 2.68. The van der Waals surface area contributed by atoms with Gasteiger partial charge in [-0.3, -0.25) is 0 Å². The molecular weight excluding hydrogens is 260 g/mol. The molecular formula is C18H22N2O. The molecule has 2 N–H and O–H groups in total. The summed E-state index contributed by atoms with van der Waals surface area (Å²) in [5, 5.41) is 12.7. The van der Waals surface area contributed by atoms with Crippen molar-refractivity contribution in [1.82, 2.24) is 5.32 Å². The molecule has 0 saturated heterocycles. The van der Waals surface area contributed by atoms with Crippen molar-refractivity contribution >= 4 is 5.69 Å². The molecule has 0 saturated carbocycles. The van der Waals surface area contributed by atoms with Crippen LogP contribution in [0.3, 0.4) is 0 Å². The van der Waals surface area contributed by atoms with Gasteiger partial charge >= 0.3 is 0 Å². The molecule has 3 heteroatoms. The second-order valence-corrected chi connectivity index (χ2v) is 5.77. The van der Waals surface area contributed by atoms with E-state index in [4.69, 9.17) is 5.11 Å². The summed E-state index contributed by atoms with van der Waals surface area (Å²) in [6, 6.07) is 17.3. The summed E-state index contributed by atoms with van der Waals surface area (Å²) in [6.45, 7) is 5.16. The number of nitrogens with zero attached hydrogens (tertiary/aromatic N) is 1. The quantitative estimate of drug-likeness (QED) is 0.908. The summed E-state index contributed by atoms with van der Waals surface area (Å²) in [5.74, 6) is 0. The fourth-order valence-corrected chi connectivity index (χ4v) is 2.87. The Morgan fingerprint density at radius 3 is 2.57 bits per heavy atom. The van der Waals surface area contributed by atoms with Crippen LogP contribution in [0.4, 0.5) is 5.69 Å². The maximum absolute atomic E-state index is 9.13. The summed E-state index contributed by atoms with van der Waals surface area (Å²) in [4.78, 5) is 2.44. The second kappa shape index (κ2) is 6.29. The molecule has 3 nitrogen and oxygen atoms in total. The molecule has 1 aliphatic rings. The zero-order valence-electron chi connectivity index (χ0n) is 12.4. The summed E-state index contributed by atoms with van der Waals surface area (Å²) in [7, 11) is 0. The molecule has 110 valence electrons. The van der Waals surface area contributed by atoms with Gasteiger partial charge in [0.15, 0.2) is 0 Å². The minimum absolute atomic E-state index is 0.105. The number of anilines is 1. The van der Waals surface area contributed by atoms with Crippen LogP contribution in [0.1, 0.15) is 23.6 Å². The molecule has 0 spiro atoms. The number of hydrogen-bond donors (Lipinski definition) is 2. The minimum atomic E-state index is 0.105. The Balaban J connectivity index is 1.85. The van der Waals surface area contributed by atoms with Gasteiger partial charge in [-0.25, -0.2) is 0 Å². The fourth-order valence-electron chi connectivity index (χ4n) is 2.87. The van der Waals surface area contributed by atoms with Gasteiger partial charge in [-0.1, -0.05) is 42.5 Å². The van der Waals surface area contributed by atoms with Gasteiger partial charge in [-0.2, -0.15) is 0 Å². The van der Waals surface area contributed by atoms with E-state index in [0.29, 0.717) is 6.04 Å². The maximum Gasteiger partial charge on any atom is 0.0681 e. The predicted molar refractivity (Wildman–Crippen MR) is 86.2 cm³/mol. The third-order valence-corrected chi connectivity index (χ3v) is 4.05. The minimum Gasteiger partial charge on any atom is -0.392 e. The van der Waals surface area contributed by atoms with Crippen LogP contribution in [0.5, 0.6) is 0 Å². The zero-order chi connectivity index (χ0) is 14.7. The lowest BCUT2D eigenvalue weighted by Crippen LogP contribution is -2.35. The Morgan fingerprint density at radius 2 is 1.81 bits per heavy atom. The van der Waals surface area contributed by atoms with Crippen LogP contribution in [0.25, 0.3) is 0 Å². The van der Waals surface area contributed by atoms with Crippen LogP contribution in [0.2, 0.25) is 0 Å². The highest BCUT2D eigenvalue weighted by molar-refractivity contribution is 5.55. The van der Waals surface area contributed by atoms with E-state index in [-0.39, 0.29) is 6.61 Å². The summed E-state index contributed by atoms with van der Waals surface area (Å²) < 4.78 is 0. The standard InChI is InChI=1S/C18H22N2O/c1-14-11-20(12-15-6-8-16(13-21)9-7-15)18-5-3-2-4-17(18)10-19-14/h2-9,14,19,21H,10-13H2,1H3. The van der Waals surface area contributed by atoms with E-state index in [1.165, 1.54) is 16.8 Å². The highest BCUT2D eigenvalue weighted by atomic mass is 16.3. The normalized spacial score (nSPS) is 18.2. The molecule has 1 atom stereocenters. The topological polar surface area (TPSA) is 35.5 Å². The first-order valence-electron chi connectivity index (χ1n) is 7.51. The Kier molecular flexibility index (Phi) is 4.23. The number of rotatable bonds is 3. The second-order valence-electron chi connectivity index (χ2n) is 5.77. The molecule has 3 rings (SSSR count). The number of aliphatic hydroxyl groups excluding tert-OH is 1. The smallest absolute Gasteiger partial charge is 0.0681 e. The Labute approximate surface area is 126 Å². The summed E-state index contributed by atoms with van der Waals surface area (Å²) >= 11 is 0. The highest BCUT2D eigenvalue weighted by Crippen LogP contribution is 2.25. The molecule has 0 aromatic heterocycles. The molecule has 0 bridgehead atoms.